The number of hydrogen-bond acceptors (Lipinski definition) is 2. The fraction of sp³-hybridized carbons (Fsp3) is 0.231. The number of nitrogens with one attached hydrogen (secondary N) is 1. The molecule has 5 heteroatoms. The summed E-state index contributed by atoms with van der Waals surface area (Å²) in [4.78, 5) is 11.9. The molecule has 1 N–H and O–H groups in total. The van der Waals surface area contributed by atoms with Crippen molar-refractivity contribution in [1.29, 1.82) is 0 Å². The van der Waals surface area contributed by atoms with E-state index in [0.29, 0.717) is 11.4 Å². The predicted molar refractivity (Wildman–Crippen MR) is 67.0 cm³/mol. The minimum atomic E-state index is -0.519. The molecule has 1 aromatic carbocycles. The largest absolute Gasteiger partial charge is 0.319 e. The summed E-state index contributed by atoms with van der Waals surface area (Å²) in [7, 11) is 1.76. The number of carbonyl (C=O) groups excluding carboxylic acids is 1. The van der Waals surface area contributed by atoms with Crippen molar-refractivity contribution in [1.82, 2.24) is 9.78 Å². The standard InChI is InChI=1S/C13H14FN3O/c1-8-4-5-10(11(14)6-8)13(18)15-12-7-17(3)16-9(12)2/h4-7H,1-3H3,(H,15,18). The molecule has 0 spiro atoms. The van der Waals surface area contributed by atoms with E-state index in [-0.39, 0.29) is 5.56 Å². The van der Waals surface area contributed by atoms with Crippen LogP contribution >= 0.6 is 0 Å². The Kier molecular flexibility index (Phi) is 3.14. The Hall–Kier alpha value is -2.17. The van der Waals surface area contributed by atoms with Gasteiger partial charge >= 0.3 is 0 Å². The van der Waals surface area contributed by atoms with E-state index in [1.807, 2.05) is 0 Å². The van der Waals surface area contributed by atoms with Crippen molar-refractivity contribution in [3.8, 4) is 0 Å². The van der Waals surface area contributed by atoms with Gasteiger partial charge in [-0.25, -0.2) is 4.39 Å². The van der Waals surface area contributed by atoms with Gasteiger partial charge in [-0.1, -0.05) is 6.07 Å². The molecule has 0 aliphatic rings. The summed E-state index contributed by atoms with van der Waals surface area (Å²) in [6, 6.07) is 4.52. The third-order valence-electron chi connectivity index (χ3n) is 2.63. The van der Waals surface area contributed by atoms with E-state index in [4.69, 9.17) is 0 Å². The number of hydrogen-bond donors (Lipinski definition) is 1. The Bertz CT molecular complexity index is 604. The highest BCUT2D eigenvalue weighted by molar-refractivity contribution is 6.04. The highest BCUT2D eigenvalue weighted by Gasteiger charge is 2.13. The van der Waals surface area contributed by atoms with Gasteiger partial charge in [0.25, 0.3) is 5.91 Å². The molecule has 2 aromatic rings. The molecule has 0 radical (unpaired) electrons. The summed E-state index contributed by atoms with van der Waals surface area (Å²) < 4.78 is 15.2. The Labute approximate surface area is 104 Å². The average Bonchev–Trinajstić information content (AvgIpc) is 2.57. The first-order valence-electron chi connectivity index (χ1n) is 5.55. The van der Waals surface area contributed by atoms with Gasteiger partial charge in [-0.3, -0.25) is 9.48 Å². The fourth-order valence-electron chi connectivity index (χ4n) is 1.72. The Morgan fingerprint density at radius 1 is 1.39 bits per heavy atom. The highest BCUT2D eigenvalue weighted by atomic mass is 19.1. The van der Waals surface area contributed by atoms with Gasteiger partial charge in [0.1, 0.15) is 5.82 Å². The van der Waals surface area contributed by atoms with E-state index in [1.54, 1.807) is 37.8 Å². The minimum absolute atomic E-state index is 0.0313. The van der Waals surface area contributed by atoms with Crippen LogP contribution in [0.25, 0.3) is 0 Å². The maximum atomic E-state index is 13.6. The molecule has 0 aliphatic carbocycles. The molecule has 0 saturated heterocycles. The molecule has 0 bridgehead atoms. The van der Waals surface area contributed by atoms with Crippen LogP contribution in [-0.2, 0) is 7.05 Å². The van der Waals surface area contributed by atoms with Crippen molar-refractivity contribution in [2.45, 2.75) is 13.8 Å². The van der Waals surface area contributed by atoms with E-state index in [2.05, 4.69) is 10.4 Å². The van der Waals surface area contributed by atoms with E-state index in [1.165, 1.54) is 12.1 Å². The molecule has 0 unspecified atom stereocenters. The fourth-order valence-corrected chi connectivity index (χ4v) is 1.72. The lowest BCUT2D eigenvalue weighted by atomic mass is 10.1. The van der Waals surface area contributed by atoms with Gasteiger partial charge in [0.2, 0.25) is 0 Å². The topological polar surface area (TPSA) is 46.9 Å². The van der Waals surface area contributed by atoms with Crippen LogP contribution in [0.3, 0.4) is 0 Å². The molecule has 4 nitrogen and oxygen atoms in total. The van der Waals surface area contributed by atoms with Crippen LogP contribution in [-0.4, -0.2) is 15.7 Å². The number of halogens is 1. The second-order valence-corrected chi connectivity index (χ2v) is 4.24. The number of rotatable bonds is 2. The Morgan fingerprint density at radius 2 is 2.11 bits per heavy atom. The highest BCUT2D eigenvalue weighted by Crippen LogP contribution is 2.15. The van der Waals surface area contributed by atoms with Gasteiger partial charge < -0.3 is 5.32 Å². The zero-order chi connectivity index (χ0) is 13.3. The molecule has 0 atom stereocenters. The summed E-state index contributed by atoms with van der Waals surface area (Å²) in [5, 5.41) is 6.75. The molecule has 1 heterocycles. The van der Waals surface area contributed by atoms with Crippen LogP contribution < -0.4 is 5.32 Å². The van der Waals surface area contributed by atoms with E-state index in [9.17, 15) is 9.18 Å². The number of aromatic nitrogens is 2. The zero-order valence-electron chi connectivity index (χ0n) is 10.5. The van der Waals surface area contributed by atoms with E-state index >= 15 is 0 Å². The number of benzene rings is 1. The van der Waals surface area contributed by atoms with Gasteiger partial charge in [-0.2, -0.15) is 5.10 Å². The molecule has 1 amide bonds. The second kappa shape index (κ2) is 4.60. The number of anilines is 1. The van der Waals surface area contributed by atoms with Gasteiger partial charge in [-0.05, 0) is 31.5 Å². The summed E-state index contributed by atoms with van der Waals surface area (Å²) >= 11 is 0. The predicted octanol–water partition coefficient (Wildman–Crippen LogP) is 2.43. The van der Waals surface area contributed by atoms with Crippen molar-refractivity contribution in [2.75, 3.05) is 5.32 Å². The van der Waals surface area contributed by atoms with Crippen molar-refractivity contribution < 1.29 is 9.18 Å². The quantitative estimate of drug-likeness (QED) is 0.886. The molecule has 1 aromatic heterocycles. The van der Waals surface area contributed by atoms with Crippen LogP contribution in [0.1, 0.15) is 21.6 Å². The van der Waals surface area contributed by atoms with Crippen molar-refractivity contribution >= 4 is 11.6 Å². The first kappa shape index (κ1) is 12.3. The summed E-state index contributed by atoms with van der Waals surface area (Å²) in [5.74, 6) is -0.988. The SMILES string of the molecule is Cc1ccc(C(=O)Nc2cn(C)nc2C)c(F)c1. The van der Waals surface area contributed by atoms with Gasteiger partial charge in [0, 0.05) is 13.2 Å². The summed E-state index contributed by atoms with van der Waals surface area (Å²) in [6.07, 6.45) is 1.68. The molecular formula is C13H14FN3O. The normalized spacial score (nSPS) is 10.4. The number of amides is 1. The third kappa shape index (κ3) is 2.40. The van der Waals surface area contributed by atoms with Crippen molar-refractivity contribution in [3.63, 3.8) is 0 Å². The van der Waals surface area contributed by atoms with E-state index < -0.39 is 11.7 Å². The van der Waals surface area contributed by atoms with Crippen LogP contribution in [0.4, 0.5) is 10.1 Å². The smallest absolute Gasteiger partial charge is 0.258 e. The first-order chi connectivity index (χ1) is 8.47. The second-order valence-electron chi connectivity index (χ2n) is 4.24. The molecule has 94 valence electrons. The number of nitrogens with zero attached hydrogens (tertiary/aromatic N) is 2. The molecule has 0 aliphatic heterocycles. The molecule has 2 rings (SSSR count). The average molecular weight is 247 g/mol. The van der Waals surface area contributed by atoms with Crippen molar-refractivity contribution in [2.24, 2.45) is 7.05 Å². The van der Waals surface area contributed by atoms with Crippen LogP contribution in [0.2, 0.25) is 0 Å². The summed E-state index contributed by atoms with van der Waals surface area (Å²) in [6.45, 7) is 3.55. The van der Waals surface area contributed by atoms with Crippen LogP contribution in [0, 0.1) is 19.7 Å². The lowest BCUT2D eigenvalue weighted by molar-refractivity contribution is 0.102. The maximum absolute atomic E-state index is 13.6. The first-order valence-corrected chi connectivity index (χ1v) is 5.55. The Balaban J connectivity index is 2.24. The van der Waals surface area contributed by atoms with Crippen molar-refractivity contribution in [3.05, 3.63) is 47.0 Å². The lowest BCUT2D eigenvalue weighted by Crippen LogP contribution is -2.14. The third-order valence-corrected chi connectivity index (χ3v) is 2.63. The molecule has 18 heavy (non-hydrogen) atoms. The van der Waals surface area contributed by atoms with Crippen LogP contribution in [0.15, 0.2) is 24.4 Å². The van der Waals surface area contributed by atoms with Crippen LogP contribution in [0.5, 0.6) is 0 Å². The summed E-state index contributed by atoms with van der Waals surface area (Å²) in [5.41, 5.74) is 2.09. The number of carbonyl (C=O) groups is 1. The van der Waals surface area contributed by atoms with Gasteiger partial charge in [-0.15, -0.1) is 0 Å². The molecule has 0 fully saturated rings. The van der Waals surface area contributed by atoms with Gasteiger partial charge in [0.05, 0.1) is 16.9 Å². The van der Waals surface area contributed by atoms with Gasteiger partial charge in [0.15, 0.2) is 0 Å². The minimum Gasteiger partial charge on any atom is -0.319 e. The molecular weight excluding hydrogens is 233 g/mol. The maximum Gasteiger partial charge on any atom is 0.258 e. The Morgan fingerprint density at radius 3 is 2.67 bits per heavy atom. The number of aryl methyl sites for hydroxylation is 3. The molecule has 0 saturated carbocycles. The zero-order valence-corrected chi connectivity index (χ0v) is 10.5. The lowest BCUT2D eigenvalue weighted by Gasteiger charge is -2.05. The monoisotopic (exact) mass is 247 g/mol. The van der Waals surface area contributed by atoms with E-state index in [0.717, 1.165) is 5.56 Å².